The van der Waals surface area contributed by atoms with Crippen molar-refractivity contribution in [3.8, 4) is 11.3 Å². The molecule has 0 aliphatic carbocycles. The molecule has 136 valence electrons. The molecular weight excluding hydrogens is 374 g/mol. The highest BCUT2D eigenvalue weighted by atomic mass is 32.2. The van der Waals surface area contributed by atoms with Gasteiger partial charge < -0.3 is 10.3 Å². The monoisotopic (exact) mass is 393 g/mol. The molecule has 0 saturated heterocycles. The number of carbonyl (C=O) groups is 1. The van der Waals surface area contributed by atoms with Gasteiger partial charge in [-0.3, -0.25) is 4.79 Å². The number of hydrogen-bond donors (Lipinski definition) is 2. The molecule has 0 radical (unpaired) electrons. The van der Waals surface area contributed by atoms with Gasteiger partial charge >= 0.3 is 0 Å². The zero-order valence-corrected chi connectivity index (χ0v) is 16.3. The Labute approximate surface area is 166 Å². The van der Waals surface area contributed by atoms with Crippen molar-refractivity contribution in [2.45, 2.75) is 10.8 Å². The number of para-hydroxylation sites is 1. The third-order valence-corrected chi connectivity index (χ3v) is 6.29. The molecule has 0 saturated carbocycles. The molecule has 0 bridgehead atoms. The number of hydrogen-bond acceptors (Lipinski definition) is 4. The molecule has 2 heterocycles. The van der Waals surface area contributed by atoms with Crippen LogP contribution in [0, 0.1) is 0 Å². The van der Waals surface area contributed by atoms with E-state index in [9.17, 15) is 4.79 Å². The molecule has 2 N–H and O–H groups in total. The van der Waals surface area contributed by atoms with Crippen LogP contribution < -0.4 is 5.32 Å². The molecule has 0 spiro atoms. The number of aromatic amines is 1. The van der Waals surface area contributed by atoms with Crippen LogP contribution in [0.5, 0.6) is 0 Å². The van der Waals surface area contributed by atoms with Gasteiger partial charge in [-0.05, 0) is 18.1 Å². The molecule has 27 heavy (non-hydrogen) atoms. The van der Waals surface area contributed by atoms with E-state index in [1.54, 1.807) is 11.3 Å². The first-order valence-corrected chi connectivity index (χ1v) is 10.6. The molecule has 4 nitrogen and oxygen atoms in total. The standard InChI is InChI=1S/C21H19N3OS2/c25-20(22-11-10-16-12-23-18-9-5-4-8-17(16)18)14-27-21-24-19(13-26-21)15-6-2-1-3-7-15/h1-9,12-13,23H,10-11,14H2,(H,22,25). The van der Waals surface area contributed by atoms with Crippen LogP contribution in [0.15, 0.2) is 70.5 Å². The van der Waals surface area contributed by atoms with E-state index in [4.69, 9.17) is 0 Å². The van der Waals surface area contributed by atoms with Gasteiger partial charge in [-0.2, -0.15) is 0 Å². The zero-order chi connectivity index (χ0) is 18.5. The molecule has 0 fully saturated rings. The summed E-state index contributed by atoms with van der Waals surface area (Å²) < 4.78 is 0.917. The second-order valence-corrected chi connectivity index (χ2v) is 8.19. The maximum absolute atomic E-state index is 12.1. The van der Waals surface area contributed by atoms with Crippen LogP contribution in [-0.2, 0) is 11.2 Å². The van der Waals surface area contributed by atoms with E-state index in [0.29, 0.717) is 12.3 Å². The zero-order valence-electron chi connectivity index (χ0n) is 14.6. The first-order valence-electron chi connectivity index (χ1n) is 8.75. The number of aromatic nitrogens is 2. The summed E-state index contributed by atoms with van der Waals surface area (Å²) in [5.41, 5.74) is 4.42. The Balaban J connectivity index is 1.25. The van der Waals surface area contributed by atoms with E-state index in [-0.39, 0.29) is 5.91 Å². The highest BCUT2D eigenvalue weighted by Gasteiger charge is 2.08. The van der Waals surface area contributed by atoms with Crippen LogP contribution in [0.1, 0.15) is 5.56 Å². The van der Waals surface area contributed by atoms with E-state index < -0.39 is 0 Å². The van der Waals surface area contributed by atoms with Gasteiger partial charge in [0.15, 0.2) is 4.34 Å². The Bertz CT molecular complexity index is 1040. The number of thiazole rings is 1. The summed E-state index contributed by atoms with van der Waals surface area (Å²) in [4.78, 5) is 20.0. The van der Waals surface area contributed by atoms with Gasteiger partial charge in [-0.1, -0.05) is 60.3 Å². The van der Waals surface area contributed by atoms with Gasteiger partial charge in [-0.15, -0.1) is 11.3 Å². The molecule has 0 aliphatic heterocycles. The van der Waals surface area contributed by atoms with E-state index in [2.05, 4.69) is 27.4 Å². The topological polar surface area (TPSA) is 57.8 Å². The van der Waals surface area contributed by atoms with Crippen molar-refractivity contribution in [2.24, 2.45) is 0 Å². The van der Waals surface area contributed by atoms with Gasteiger partial charge in [0.2, 0.25) is 5.91 Å². The van der Waals surface area contributed by atoms with Crippen molar-refractivity contribution in [2.75, 3.05) is 12.3 Å². The summed E-state index contributed by atoms with van der Waals surface area (Å²) in [5, 5.41) is 6.25. The predicted molar refractivity (Wildman–Crippen MR) is 113 cm³/mol. The molecule has 0 atom stereocenters. The van der Waals surface area contributed by atoms with Crippen LogP contribution in [0.2, 0.25) is 0 Å². The summed E-state index contributed by atoms with van der Waals surface area (Å²) in [6.45, 7) is 0.633. The fraction of sp³-hybridized carbons (Fsp3) is 0.143. The lowest BCUT2D eigenvalue weighted by Gasteiger charge is -2.04. The van der Waals surface area contributed by atoms with Crippen LogP contribution >= 0.6 is 23.1 Å². The quantitative estimate of drug-likeness (QED) is 0.446. The minimum absolute atomic E-state index is 0.0382. The van der Waals surface area contributed by atoms with Crippen molar-refractivity contribution in [3.63, 3.8) is 0 Å². The number of fused-ring (bicyclic) bond motifs is 1. The number of thioether (sulfide) groups is 1. The van der Waals surface area contributed by atoms with Gasteiger partial charge in [0.25, 0.3) is 0 Å². The highest BCUT2D eigenvalue weighted by Crippen LogP contribution is 2.28. The molecule has 0 unspecified atom stereocenters. The second-order valence-electron chi connectivity index (χ2n) is 6.11. The number of nitrogens with one attached hydrogen (secondary N) is 2. The van der Waals surface area contributed by atoms with Crippen LogP contribution in [0.25, 0.3) is 22.2 Å². The molecule has 6 heteroatoms. The van der Waals surface area contributed by atoms with Crippen LogP contribution in [0.3, 0.4) is 0 Å². The van der Waals surface area contributed by atoms with Crippen molar-refractivity contribution in [3.05, 3.63) is 71.7 Å². The van der Waals surface area contributed by atoms with Gasteiger partial charge in [-0.25, -0.2) is 4.98 Å². The minimum atomic E-state index is 0.0382. The Kier molecular flexibility index (Phi) is 5.55. The van der Waals surface area contributed by atoms with Crippen molar-refractivity contribution in [1.29, 1.82) is 0 Å². The van der Waals surface area contributed by atoms with Crippen LogP contribution in [-0.4, -0.2) is 28.2 Å². The molecule has 4 rings (SSSR count). The molecule has 2 aromatic heterocycles. The summed E-state index contributed by atoms with van der Waals surface area (Å²) in [5.74, 6) is 0.423. The van der Waals surface area contributed by atoms with E-state index in [1.807, 2.05) is 54.0 Å². The lowest BCUT2D eigenvalue weighted by Crippen LogP contribution is -2.27. The van der Waals surface area contributed by atoms with Gasteiger partial charge in [0.05, 0.1) is 11.4 Å². The summed E-state index contributed by atoms with van der Waals surface area (Å²) in [7, 11) is 0. The van der Waals surface area contributed by atoms with Gasteiger partial charge in [0, 0.05) is 34.6 Å². The smallest absolute Gasteiger partial charge is 0.230 e. The SMILES string of the molecule is O=C(CSc1nc(-c2ccccc2)cs1)NCCc1c[nH]c2ccccc12. The number of H-pyrrole nitrogens is 1. The first kappa shape index (κ1) is 17.8. The minimum Gasteiger partial charge on any atom is -0.361 e. The second kappa shape index (κ2) is 8.41. The van der Waals surface area contributed by atoms with E-state index in [1.165, 1.54) is 22.7 Å². The van der Waals surface area contributed by atoms with Gasteiger partial charge in [0.1, 0.15) is 0 Å². The Morgan fingerprint density at radius 1 is 1.11 bits per heavy atom. The number of rotatable bonds is 7. The molecular formula is C21H19N3OS2. The molecule has 4 aromatic rings. The largest absolute Gasteiger partial charge is 0.361 e. The summed E-state index contributed by atoms with van der Waals surface area (Å²) in [6.07, 6.45) is 2.84. The Hall–Kier alpha value is -2.57. The lowest BCUT2D eigenvalue weighted by molar-refractivity contribution is -0.118. The number of benzene rings is 2. The highest BCUT2D eigenvalue weighted by molar-refractivity contribution is 8.01. The van der Waals surface area contributed by atoms with E-state index >= 15 is 0 Å². The normalized spacial score (nSPS) is 11.0. The number of carbonyl (C=O) groups excluding carboxylic acids is 1. The fourth-order valence-electron chi connectivity index (χ4n) is 2.92. The molecule has 2 aromatic carbocycles. The van der Waals surface area contributed by atoms with Crippen molar-refractivity contribution >= 4 is 39.9 Å². The Morgan fingerprint density at radius 2 is 1.93 bits per heavy atom. The average molecular weight is 394 g/mol. The number of amides is 1. The predicted octanol–water partition coefficient (Wildman–Crippen LogP) is 4.74. The van der Waals surface area contributed by atoms with Crippen molar-refractivity contribution < 1.29 is 4.79 Å². The van der Waals surface area contributed by atoms with E-state index in [0.717, 1.165) is 27.5 Å². The Morgan fingerprint density at radius 3 is 2.81 bits per heavy atom. The maximum Gasteiger partial charge on any atom is 0.230 e. The fourth-order valence-corrected chi connectivity index (χ4v) is 4.58. The third-order valence-electron chi connectivity index (χ3n) is 4.27. The third kappa shape index (κ3) is 4.40. The maximum atomic E-state index is 12.1. The van der Waals surface area contributed by atoms with Crippen LogP contribution in [0.4, 0.5) is 0 Å². The van der Waals surface area contributed by atoms with Crippen molar-refractivity contribution in [1.82, 2.24) is 15.3 Å². The first-order chi connectivity index (χ1) is 13.3. The lowest BCUT2D eigenvalue weighted by atomic mass is 10.1. The average Bonchev–Trinajstić information content (AvgIpc) is 3.35. The number of nitrogens with zero attached hydrogens (tertiary/aromatic N) is 1. The molecule has 0 aliphatic rings. The summed E-state index contributed by atoms with van der Waals surface area (Å²) in [6, 6.07) is 18.3. The summed E-state index contributed by atoms with van der Waals surface area (Å²) >= 11 is 3.06. The molecule has 1 amide bonds.